The molecule has 3 amide bonds. The van der Waals surface area contributed by atoms with Crippen molar-refractivity contribution in [2.75, 3.05) is 31.6 Å². The smallest absolute Gasteiger partial charge is 0.316 e. The predicted molar refractivity (Wildman–Crippen MR) is 115 cm³/mol. The molecule has 1 heterocycles. The number of carbonyl (C=O) groups is 3. The van der Waals surface area contributed by atoms with Crippen LogP contribution >= 0.6 is 23.2 Å². The SMILES string of the molecule is COc1cc(Cl)c(C)cc1N1CCN(CC(=O)NCc2ccccc2Cl)C(=O)C1=O. The van der Waals surface area contributed by atoms with Crippen LogP contribution in [0.5, 0.6) is 5.75 Å². The van der Waals surface area contributed by atoms with Gasteiger partial charge in [-0.2, -0.15) is 0 Å². The zero-order valence-electron chi connectivity index (χ0n) is 16.6. The summed E-state index contributed by atoms with van der Waals surface area (Å²) in [6, 6.07) is 10.5. The number of amides is 3. The lowest BCUT2D eigenvalue weighted by molar-refractivity contribution is -0.147. The number of hydrogen-bond acceptors (Lipinski definition) is 4. The van der Waals surface area contributed by atoms with Gasteiger partial charge < -0.3 is 15.0 Å². The molecule has 1 aliphatic heterocycles. The van der Waals surface area contributed by atoms with Gasteiger partial charge in [0.2, 0.25) is 5.91 Å². The minimum absolute atomic E-state index is 0.209. The molecule has 158 valence electrons. The molecule has 0 unspecified atom stereocenters. The lowest BCUT2D eigenvalue weighted by Gasteiger charge is -2.34. The highest BCUT2D eigenvalue weighted by molar-refractivity contribution is 6.41. The molecule has 30 heavy (non-hydrogen) atoms. The monoisotopic (exact) mass is 449 g/mol. The molecule has 1 saturated heterocycles. The van der Waals surface area contributed by atoms with Crippen molar-refractivity contribution in [3.63, 3.8) is 0 Å². The van der Waals surface area contributed by atoms with E-state index in [4.69, 9.17) is 27.9 Å². The van der Waals surface area contributed by atoms with Gasteiger partial charge in [0.05, 0.1) is 12.8 Å². The lowest BCUT2D eigenvalue weighted by atomic mass is 10.1. The number of piperazine rings is 1. The Labute approximate surface area is 184 Å². The summed E-state index contributed by atoms with van der Waals surface area (Å²) in [7, 11) is 1.47. The summed E-state index contributed by atoms with van der Waals surface area (Å²) in [5.74, 6) is -1.44. The summed E-state index contributed by atoms with van der Waals surface area (Å²) >= 11 is 12.2. The summed E-state index contributed by atoms with van der Waals surface area (Å²) in [6.07, 6.45) is 0. The van der Waals surface area contributed by atoms with Crippen molar-refractivity contribution in [1.82, 2.24) is 10.2 Å². The fourth-order valence-electron chi connectivity index (χ4n) is 3.14. The molecular formula is C21H21Cl2N3O4. The number of methoxy groups -OCH3 is 1. The van der Waals surface area contributed by atoms with Crippen LogP contribution in [0.3, 0.4) is 0 Å². The Morgan fingerprint density at radius 3 is 2.53 bits per heavy atom. The highest BCUT2D eigenvalue weighted by atomic mass is 35.5. The van der Waals surface area contributed by atoms with Crippen LogP contribution in [0, 0.1) is 6.92 Å². The van der Waals surface area contributed by atoms with Crippen LogP contribution in [-0.2, 0) is 20.9 Å². The fourth-order valence-corrected chi connectivity index (χ4v) is 3.50. The van der Waals surface area contributed by atoms with Gasteiger partial charge in [-0.25, -0.2) is 0 Å². The Hall–Kier alpha value is -2.77. The Morgan fingerprint density at radius 2 is 1.83 bits per heavy atom. The standard InChI is InChI=1S/C21H21Cl2N3O4/c1-13-9-17(18(30-2)10-16(13)23)26-8-7-25(20(28)21(26)29)12-19(27)24-11-14-5-3-4-6-15(14)22/h3-6,9-10H,7-8,11-12H2,1-2H3,(H,24,27). The first-order valence-electron chi connectivity index (χ1n) is 9.26. The van der Waals surface area contributed by atoms with Crippen LogP contribution in [0.15, 0.2) is 36.4 Å². The number of ether oxygens (including phenoxy) is 1. The molecule has 1 N–H and O–H groups in total. The number of nitrogens with one attached hydrogen (secondary N) is 1. The van der Waals surface area contributed by atoms with E-state index in [2.05, 4.69) is 5.32 Å². The summed E-state index contributed by atoms with van der Waals surface area (Å²) in [6.45, 7) is 2.29. The van der Waals surface area contributed by atoms with E-state index < -0.39 is 11.8 Å². The highest BCUT2D eigenvalue weighted by Gasteiger charge is 2.35. The van der Waals surface area contributed by atoms with Crippen LogP contribution < -0.4 is 15.0 Å². The number of aryl methyl sites for hydroxylation is 1. The van der Waals surface area contributed by atoms with E-state index in [1.54, 1.807) is 37.3 Å². The summed E-state index contributed by atoms with van der Waals surface area (Å²) in [5.41, 5.74) is 2.00. The molecule has 0 radical (unpaired) electrons. The summed E-state index contributed by atoms with van der Waals surface area (Å²) < 4.78 is 5.31. The first kappa shape index (κ1) is 21.9. The third-order valence-electron chi connectivity index (χ3n) is 4.83. The Kier molecular flexibility index (Phi) is 6.84. The van der Waals surface area contributed by atoms with Crippen LogP contribution in [0.25, 0.3) is 0 Å². The average molecular weight is 450 g/mol. The van der Waals surface area contributed by atoms with Crippen LogP contribution in [0.1, 0.15) is 11.1 Å². The number of carbonyl (C=O) groups excluding carboxylic acids is 3. The molecule has 9 heteroatoms. The van der Waals surface area contributed by atoms with Gasteiger partial charge in [-0.1, -0.05) is 41.4 Å². The first-order valence-corrected chi connectivity index (χ1v) is 10.0. The summed E-state index contributed by atoms with van der Waals surface area (Å²) in [5, 5.41) is 3.77. The molecule has 1 aliphatic rings. The van der Waals surface area contributed by atoms with E-state index in [0.29, 0.717) is 21.5 Å². The van der Waals surface area contributed by atoms with Gasteiger partial charge in [-0.05, 0) is 30.2 Å². The van der Waals surface area contributed by atoms with Gasteiger partial charge in [0, 0.05) is 35.7 Å². The molecular weight excluding hydrogens is 429 g/mol. The van der Waals surface area contributed by atoms with Gasteiger partial charge in [-0.3, -0.25) is 19.3 Å². The number of hydrogen-bond donors (Lipinski definition) is 1. The number of anilines is 1. The maximum atomic E-state index is 12.7. The molecule has 1 fully saturated rings. The van der Waals surface area contributed by atoms with Gasteiger partial charge in [0.15, 0.2) is 0 Å². The molecule has 2 aromatic carbocycles. The number of rotatable bonds is 6. The van der Waals surface area contributed by atoms with E-state index in [-0.39, 0.29) is 32.1 Å². The Morgan fingerprint density at radius 1 is 1.10 bits per heavy atom. The van der Waals surface area contributed by atoms with Crippen molar-refractivity contribution in [1.29, 1.82) is 0 Å². The molecule has 0 aromatic heterocycles. The van der Waals surface area contributed by atoms with E-state index in [1.165, 1.54) is 16.9 Å². The number of benzene rings is 2. The molecule has 0 aliphatic carbocycles. The third kappa shape index (κ3) is 4.68. The fraction of sp³-hybridized carbons (Fsp3) is 0.286. The van der Waals surface area contributed by atoms with Gasteiger partial charge >= 0.3 is 11.8 Å². The van der Waals surface area contributed by atoms with Crippen LogP contribution in [-0.4, -0.2) is 49.4 Å². The van der Waals surface area contributed by atoms with E-state index >= 15 is 0 Å². The maximum absolute atomic E-state index is 12.7. The second-order valence-corrected chi connectivity index (χ2v) is 7.64. The third-order valence-corrected chi connectivity index (χ3v) is 5.60. The normalized spacial score (nSPS) is 14.1. The molecule has 0 atom stereocenters. The second kappa shape index (κ2) is 9.36. The largest absolute Gasteiger partial charge is 0.495 e. The zero-order chi connectivity index (χ0) is 21.8. The first-order chi connectivity index (χ1) is 14.3. The predicted octanol–water partition coefficient (Wildman–Crippen LogP) is 2.80. The number of nitrogens with zero attached hydrogens (tertiary/aromatic N) is 2. The van der Waals surface area contributed by atoms with E-state index in [1.807, 2.05) is 6.07 Å². The van der Waals surface area contributed by atoms with Crippen molar-refractivity contribution in [2.45, 2.75) is 13.5 Å². The van der Waals surface area contributed by atoms with Crippen LogP contribution in [0.2, 0.25) is 10.0 Å². The molecule has 0 spiro atoms. The van der Waals surface area contributed by atoms with Crippen LogP contribution in [0.4, 0.5) is 5.69 Å². The Bertz CT molecular complexity index is 996. The van der Waals surface area contributed by atoms with Crippen molar-refractivity contribution in [2.24, 2.45) is 0 Å². The van der Waals surface area contributed by atoms with E-state index in [0.717, 1.165) is 11.1 Å². The molecule has 7 nitrogen and oxygen atoms in total. The molecule has 0 bridgehead atoms. The topological polar surface area (TPSA) is 79.0 Å². The minimum atomic E-state index is -0.746. The maximum Gasteiger partial charge on any atom is 0.316 e. The zero-order valence-corrected chi connectivity index (χ0v) is 18.1. The van der Waals surface area contributed by atoms with E-state index in [9.17, 15) is 14.4 Å². The molecule has 3 rings (SSSR count). The number of halogens is 2. The van der Waals surface area contributed by atoms with Gasteiger partial charge in [-0.15, -0.1) is 0 Å². The highest BCUT2D eigenvalue weighted by Crippen LogP contribution is 2.34. The Balaban J connectivity index is 1.65. The van der Waals surface area contributed by atoms with Crippen molar-refractivity contribution in [3.05, 3.63) is 57.6 Å². The minimum Gasteiger partial charge on any atom is -0.495 e. The summed E-state index contributed by atoms with van der Waals surface area (Å²) in [4.78, 5) is 40.2. The molecule has 0 saturated carbocycles. The lowest BCUT2D eigenvalue weighted by Crippen LogP contribution is -2.56. The van der Waals surface area contributed by atoms with Gasteiger partial charge in [0.1, 0.15) is 12.3 Å². The van der Waals surface area contributed by atoms with Crippen molar-refractivity contribution < 1.29 is 19.1 Å². The molecule has 2 aromatic rings. The second-order valence-electron chi connectivity index (χ2n) is 6.82. The van der Waals surface area contributed by atoms with Crippen molar-refractivity contribution in [3.8, 4) is 5.75 Å². The average Bonchev–Trinajstić information content (AvgIpc) is 2.73. The van der Waals surface area contributed by atoms with Crippen molar-refractivity contribution >= 4 is 46.6 Å². The quantitative estimate of drug-likeness (QED) is 0.687. The van der Waals surface area contributed by atoms with Gasteiger partial charge in [0.25, 0.3) is 0 Å².